The highest BCUT2D eigenvalue weighted by Crippen LogP contribution is 2.23. The van der Waals surface area contributed by atoms with E-state index >= 15 is 0 Å². The molecule has 0 aromatic heterocycles. The topological polar surface area (TPSA) is 43.4 Å². The van der Waals surface area contributed by atoms with Crippen LogP contribution in [0.5, 0.6) is 0 Å². The molecule has 1 aromatic carbocycles. The van der Waals surface area contributed by atoms with Gasteiger partial charge in [0, 0.05) is 4.47 Å². The number of carbonyl (C=O) groups is 2. The molecule has 0 atom stereocenters. The first-order valence-corrected chi connectivity index (χ1v) is 4.04. The largest absolute Gasteiger partial charge is 0.386 e. The number of fused-ring (bicyclic) bond motifs is 2. The molecule has 12 heavy (non-hydrogen) atoms. The minimum Gasteiger partial charge on any atom is -0.386 e. The fraction of sp³-hybridized carbons (Fsp3) is 0. The van der Waals surface area contributed by atoms with Crippen LogP contribution in [0, 0.1) is 0 Å². The van der Waals surface area contributed by atoms with Crippen LogP contribution < -0.4 is 0 Å². The Hall–Kier alpha value is -1.16. The average molecular weight is 227 g/mol. The monoisotopic (exact) mass is 226 g/mol. The normalized spacial score (nSPS) is 14.4. The second-order valence-electron chi connectivity index (χ2n) is 2.37. The van der Waals surface area contributed by atoms with Crippen LogP contribution in [-0.4, -0.2) is 11.9 Å². The van der Waals surface area contributed by atoms with Crippen LogP contribution in [-0.2, 0) is 4.74 Å². The van der Waals surface area contributed by atoms with Crippen molar-refractivity contribution in [1.29, 1.82) is 0 Å². The van der Waals surface area contributed by atoms with Gasteiger partial charge >= 0.3 is 11.9 Å². The molecule has 0 unspecified atom stereocenters. The van der Waals surface area contributed by atoms with E-state index in [1.807, 2.05) is 0 Å². The number of cyclic esters (lactones) is 2. The number of hydrogen-bond acceptors (Lipinski definition) is 3. The zero-order valence-corrected chi connectivity index (χ0v) is 7.42. The van der Waals surface area contributed by atoms with E-state index in [-0.39, 0.29) is 0 Å². The maximum atomic E-state index is 11.0. The van der Waals surface area contributed by atoms with Crippen molar-refractivity contribution >= 4 is 27.9 Å². The second-order valence-corrected chi connectivity index (χ2v) is 3.23. The summed E-state index contributed by atoms with van der Waals surface area (Å²) in [6.45, 7) is 0. The van der Waals surface area contributed by atoms with Crippen LogP contribution in [0.2, 0.25) is 0 Å². The van der Waals surface area contributed by atoms with Crippen LogP contribution in [0.3, 0.4) is 0 Å². The molecule has 3 nitrogen and oxygen atoms in total. The van der Waals surface area contributed by atoms with Crippen LogP contribution in [0.1, 0.15) is 20.7 Å². The van der Waals surface area contributed by atoms with Crippen molar-refractivity contribution in [3.8, 4) is 0 Å². The van der Waals surface area contributed by atoms with E-state index in [2.05, 4.69) is 20.7 Å². The maximum absolute atomic E-state index is 11.0. The maximum Gasteiger partial charge on any atom is 0.347 e. The third-order valence-corrected chi connectivity index (χ3v) is 2.30. The van der Waals surface area contributed by atoms with Crippen molar-refractivity contribution in [3.63, 3.8) is 0 Å². The first kappa shape index (κ1) is 7.49. The Balaban J connectivity index is 2.70. The van der Waals surface area contributed by atoms with Crippen molar-refractivity contribution in [2.24, 2.45) is 0 Å². The number of rotatable bonds is 0. The third-order valence-electron chi connectivity index (χ3n) is 1.61. The molecule has 0 amide bonds. The lowest BCUT2D eigenvalue weighted by Gasteiger charge is -2.11. The van der Waals surface area contributed by atoms with Crippen molar-refractivity contribution in [3.05, 3.63) is 33.8 Å². The number of ether oxygens (including phenoxy) is 1. The van der Waals surface area contributed by atoms with Gasteiger partial charge in [0.25, 0.3) is 0 Å². The Labute approximate surface area is 76.5 Å². The molecule has 0 radical (unpaired) electrons. The molecule has 0 spiro atoms. The van der Waals surface area contributed by atoms with Crippen molar-refractivity contribution in [2.45, 2.75) is 0 Å². The summed E-state index contributed by atoms with van der Waals surface area (Å²) >= 11 is 3.17. The highest BCUT2D eigenvalue weighted by molar-refractivity contribution is 9.10. The molecule has 60 valence electrons. The lowest BCUT2D eigenvalue weighted by molar-refractivity contribution is 0.0384. The summed E-state index contributed by atoms with van der Waals surface area (Å²) in [5.74, 6) is -1.18. The fourth-order valence-corrected chi connectivity index (χ4v) is 1.42. The predicted molar refractivity (Wildman–Crippen MR) is 43.9 cm³/mol. The number of carbonyl (C=O) groups excluding carboxylic acids is 2. The van der Waals surface area contributed by atoms with Gasteiger partial charge in [-0.15, -0.1) is 0 Å². The summed E-state index contributed by atoms with van der Waals surface area (Å²) in [7, 11) is 0. The molecule has 1 aliphatic rings. The first-order chi connectivity index (χ1) is 5.68. The van der Waals surface area contributed by atoms with Crippen LogP contribution in [0.25, 0.3) is 0 Å². The van der Waals surface area contributed by atoms with Gasteiger partial charge in [0.05, 0.1) is 11.1 Å². The van der Waals surface area contributed by atoms with Crippen molar-refractivity contribution in [2.75, 3.05) is 0 Å². The van der Waals surface area contributed by atoms with Gasteiger partial charge in [-0.1, -0.05) is 0 Å². The highest BCUT2D eigenvalue weighted by Gasteiger charge is 2.24. The Morgan fingerprint density at radius 2 is 1.92 bits per heavy atom. The van der Waals surface area contributed by atoms with Crippen molar-refractivity contribution in [1.82, 2.24) is 0 Å². The molecule has 1 heterocycles. The molecule has 0 aliphatic carbocycles. The van der Waals surface area contributed by atoms with E-state index in [4.69, 9.17) is 0 Å². The minimum atomic E-state index is -0.597. The van der Waals surface area contributed by atoms with E-state index < -0.39 is 11.9 Å². The number of esters is 2. The van der Waals surface area contributed by atoms with Crippen LogP contribution in [0.4, 0.5) is 0 Å². The minimum absolute atomic E-state index is 0.395. The molecule has 1 aliphatic heterocycles. The number of hydrogen-bond donors (Lipinski definition) is 0. The van der Waals surface area contributed by atoms with E-state index in [0.717, 1.165) is 0 Å². The average Bonchev–Trinajstić information content (AvgIpc) is 2.03. The van der Waals surface area contributed by atoms with Crippen molar-refractivity contribution < 1.29 is 14.3 Å². The second kappa shape index (κ2) is 2.42. The van der Waals surface area contributed by atoms with Gasteiger partial charge in [0.15, 0.2) is 0 Å². The lowest BCUT2D eigenvalue weighted by atomic mass is 10.1. The number of benzene rings is 1. The molecule has 0 N–H and O–H groups in total. The zero-order chi connectivity index (χ0) is 8.72. The summed E-state index contributed by atoms with van der Waals surface area (Å²) in [4.78, 5) is 21.9. The molecule has 1 aromatic rings. The predicted octanol–water partition coefficient (Wildman–Crippen LogP) is 1.76. The molecule has 0 fully saturated rings. The summed E-state index contributed by atoms with van der Waals surface area (Å²) in [6.07, 6.45) is 0. The molecule has 0 saturated heterocycles. The van der Waals surface area contributed by atoms with E-state index in [1.54, 1.807) is 12.1 Å². The van der Waals surface area contributed by atoms with Gasteiger partial charge in [-0.05, 0) is 34.1 Å². The summed E-state index contributed by atoms with van der Waals surface area (Å²) < 4.78 is 5.08. The summed E-state index contributed by atoms with van der Waals surface area (Å²) in [5, 5.41) is 0. The van der Waals surface area contributed by atoms with Gasteiger partial charge in [-0.25, -0.2) is 9.59 Å². The van der Waals surface area contributed by atoms with Crippen LogP contribution in [0.15, 0.2) is 22.7 Å². The first-order valence-electron chi connectivity index (χ1n) is 3.24. The van der Waals surface area contributed by atoms with Gasteiger partial charge in [-0.2, -0.15) is 0 Å². The fourth-order valence-electron chi connectivity index (χ4n) is 1.01. The lowest BCUT2D eigenvalue weighted by Crippen LogP contribution is -2.18. The SMILES string of the molecule is O=C1OC(=O)c2cc1ccc2Br. The standard InChI is InChI=1S/C8H3BrO3/c9-6-2-1-4-3-5(6)8(11)12-7(4)10/h1-3H. The summed E-state index contributed by atoms with van der Waals surface area (Å²) in [5.41, 5.74) is 0.805. The third kappa shape index (κ3) is 0.956. The quantitative estimate of drug-likeness (QED) is 0.501. The Morgan fingerprint density at radius 1 is 1.17 bits per heavy atom. The van der Waals surface area contributed by atoms with Crippen LogP contribution >= 0.6 is 15.9 Å². The Morgan fingerprint density at radius 3 is 2.67 bits per heavy atom. The molecular weight excluding hydrogens is 224 g/mol. The zero-order valence-electron chi connectivity index (χ0n) is 5.83. The van der Waals surface area contributed by atoms with E-state index in [9.17, 15) is 9.59 Å². The Kier molecular flexibility index (Phi) is 1.51. The van der Waals surface area contributed by atoms with Gasteiger partial charge in [-0.3, -0.25) is 0 Å². The van der Waals surface area contributed by atoms with Gasteiger partial charge in [0.1, 0.15) is 0 Å². The smallest absolute Gasteiger partial charge is 0.347 e. The molecular formula is C8H3BrO3. The highest BCUT2D eigenvalue weighted by atomic mass is 79.9. The van der Waals surface area contributed by atoms with E-state index in [1.165, 1.54) is 6.07 Å². The Bertz CT molecular complexity index is 384. The molecule has 2 bridgehead atoms. The summed E-state index contributed by atoms with van der Waals surface area (Å²) in [6, 6.07) is 4.77. The van der Waals surface area contributed by atoms with Gasteiger partial charge < -0.3 is 4.74 Å². The number of halogens is 1. The van der Waals surface area contributed by atoms with Gasteiger partial charge in [0.2, 0.25) is 0 Å². The van der Waals surface area contributed by atoms with E-state index in [0.29, 0.717) is 15.6 Å². The molecule has 0 saturated carbocycles. The molecule has 2 rings (SSSR count). The molecule has 4 heteroatoms.